The first-order valence-electron chi connectivity index (χ1n) is 22.2. The van der Waals surface area contributed by atoms with Gasteiger partial charge in [-0.25, -0.2) is 4.79 Å². The van der Waals surface area contributed by atoms with E-state index >= 15 is 4.79 Å². The van der Waals surface area contributed by atoms with E-state index in [2.05, 4.69) is 26.6 Å². The van der Waals surface area contributed by atoms with Gasteiger partial charge in [0.15, 0.2) is 0 Å². The van der Waals surface area contributed by atoms with Gasteiger partial charge >= 0.3 is 5.97 Å². The number of piperidine rings is 1. The van der Waals surface area contributed by atoms with Crippen LogP contribution in [0.15, 0.2) is 48.5 Å². The Balaban J connectivity index is 1.89. The fraction of sp³-hybridized carbons (Fsp3) is 0.543. The van der Waals surface area contributed by atoms with Crippen molar-refractivity contribution in [2.75, 3.05) is 7.05 Å². The molecule has 9 atom stereocenters. The molecule has 0 aromatic heterocycles. The van der Waals surface area contributed by atoms with Crippen molar-refractivity contribution >= 4 is 64.8 Å². The Morgan fingerprint density at radius 1 is 0.881 bits per heavy atom. The van der Waals surface area contributed by atoms with Gasteiger partial charge in [-0.1, -0.05) is 75.7 Å². The fourth-order valence-corrected chi connectivity index (χ4v) is 8.20. The van der Waals surface area contributed by atoms with E-state index in [0.717, 1.165) is 16.7 Å². The van der Waals surface area contributed by atoms with Crippen molar-refractivity contribution in [3.05, 3.63) is 64.7 Å². The molecule has 0 unspecified atom stereocenters. The molecule has 21 heteroatoms. The first kappa shape index (κ1) is 53.3. The standard InChI is InChI=1S/C46H63ClN8O12/c1-23(2)19-32-41(61)50-31-15-18-37(59)55(44(31)64)34(21-27-11-9-8-10-12-27)45(65)54(7)33(22-28-13-16-35(57)29(47)20-28)42(62)52-38(24(3)4)46(66)67-25(5)39(43(63)51-32)53-40(60)30(49-26(6)56)14-17-36(48)58/h8-13,16,20,23-25,30-34,37-39,57,59H,14-15,17-19,21-22H2,1-7H3,(H2,48,58)(H,49,56)(H,50,61)(H,51,63)(H,52,62)(H,53,60)/t25-,30-,31-,32+,33+,34-,37+,38+,39-/m0/s1. The van der Waals surface area contributed by atoms with Crippen LogP contribution >= 0.6 is 11.6 Å². The Kier molecular flexibility index (Phi) is 19.1. The summed E-state index contributed by atoms with van der Waals surface area (Å²) in [5.74, 6) is -8.87. The number of nitrogens with zero attached hydrogens (tertiary/aromatic N) is 2. The number of nitrogens with one attached hydrogen (secondary N) is 5. The number of aliphatic hydroxyl groups is 1. The molecule has 8 amide bonds. The zero-order chi connectivity index (χ0) is 49.9. The number of amides is 8. The molecular formula is C46H63ClN8O12. The average Bonchev–Trinajstić information content (AvgIpc) is 3.25. The van der Waals surface area contributed by atoms with Gasteiger partial charge in [-0.2, -0.15) is 0 Å². The van der Waals surface area contributed by atoms with Crippen LogP contribution in [-0.2, 0) is 60.7 Å². The summed E-state index contributed by atoms with van der Waals surface area (Å²) in [6.07, 6.45) is -4.10. The molecule has 2 bridgehead atoms. The van der Waals surface area contributed by atoms with Gasteiger partial charge in [-0.05, 0) is 67.7 Å². The van der Waals surface area contributed by atoms with E-state index in [1.54, 1.807) is 58.0 Å². The number of cyclic esters (lactones) is 1. The number of rotatable bonds is 13. The van der Waals surface area contributed by atoms with Crippen LogP contribution in [0.5, 0.6) is 5.75 Å². The lowest BCUT2D eigenvalue weighted by atomic mass is 9.95. The second-order valence-electron chi connectivity index (χ2n) is 17.8. The topological polar surface area (TPSA) is 296 Å². The molecule has 2 fully saturated rings. The summed E-state index contributed by atoms with van der Waals surface area (Å²) < 4.78 is 5.82. The second kappa shape index (κ2) is 24.0. The Hall–Kier alpha value is -6.28. The molecule has 2 aromatic rings. The average molecular weight is 956 g/mol. The van der Waals surface area contributed by atoms with Gasteiger partial charge in [0.05, 0.1) is 5.02 Å². The van der Waals surface area contributed by atoms with Crippen molar-refractivity contribution in [3.63, 3.8) is 0 Å². The number of aliphatic hydroxyl groups excluding tert-OH is 1. The van der Waals surface area contributed by atoms with Gasteiger partial charge in [0.1, 0.15) is 60.4 Å². The summed E-state index contributed by atoms with van der Waals surface area (Å²) in [6, 6.07) is 2.74. The molecule has 2 aliphatic rings. The number of ether oxygens (including phenoxy) is 1. The molecule has 0 saturated carbocycles. The normalized spacial score (nSPS) is 25.2. The highest BCUT2D eigenvalue weighted by molar-refractivity contribution is 6.32. The van der Waals surface area contributed by atoms with E-state index in [4.69, 9.17) is 22.1 Å². The maximum absolute atomic E-state index is 15.0. The largest absolute Gasteiger partial charge is 0.506 e. The molecule has 2 aromatic carbocycles. The van der Waals surface area contributed by atoms with E-state index in [1.807, 2.05) is 0 Å². The van der Waals surface area contributed by atoms with E-state index in [1.165, 1.54) is 32.2 Å². The van der Waals surface area contributed by atoms with Crippen molar-refractivity contribution in [2.45, 2.75) is 141 Å². The number of phenolic OH excluding ortho intramolecular Hbond substituents is 1. The van der Waals surface area contributed by atoms with Crippen molar-refractivity contribution < 1.29 is 58.1 Å². The van der Waals surface area contributed by atoms with Crippen LogP contribution in [0.3, 0.4) is 0 Å². The molecule has 0 radical (unpaired) electrons. The number of nitrogens with two attached hydrogens (primary N) is 1. The number of likely N-dealkylation sites (N-methyl/N-ethyl adjacent to an activating group) is 1. The number of benzene rings is 2. The zero-order valence-electron chi connectivity index (χ0n) is 38.7. The maximum Gasteiger partial charge on any atom is 0.329 e. The third kappa shape index (κ3) is 14.6. The van der Waals surface area contributed by atoms with E-state index in [-0.39, 0.29) is 61.6 Å². The monoisotopic (exact) mass is 954 g/mol. The fourth-order valence-electron chi connectivity index (χ4n) is 8.00. The van der Waals surface area contributed by atoms with E-state index in [9.17, 15) is 48.6 Å². The van der Waals surface area contributed by atoms with Crippen molar-refractivity contribution in [3.8, 4) is 5.75 Å². The molecule has 0 aliphatic carbocycles. The summed E-state index contributed by atoms with van der Waals surface area (Å²) in [7, 11) is 1.33. The molecule has 366 valence electrons. The van der Waals surface area contributed by atoms with Gasteiger partial charge in [-0.3, -0.25) is 38.4 Å². The number of aromatic hydroxyl groups is 1. The minimum absolute atomic E-state index is 0.0157. The molecule has 2 heterocycles. The molecule has 9 N–H and O–H groups in total. The summed E-state index contributed by atoms with van der Waals surface area (Å²) >= 11 is 6.26. The van der Waals surface area contributed by atoms with Crippen molar-refractivity contribution in [1.29, 1.82) is 0 Å². The smallest absolute Gasteiger partial charge is 0.329 e. The van der Waals surface area contributed by atoms with Crippen LogP contribution in [-0.4, -0.2) is 135 Å². The SMILES string of the molecule is CC(=O)N[C@@H](CCC(N)=O)C(=O)N[C@@H]1C(=O)N[C@H](CC(C)C)C(=O)N[C@H]2CC[C@@H](O)N(C2=O)[C@@H](Cc2ccccc2)C(=O)N(C)[C@H](Cc2ccc(O)c(Cl)c2)C(=O)N[C@H](C(C)C)C(=O)O[C@H]1C. The first-order chi connectivity index (χ1) is 31.5. The molecule has 2 aliphatic heterocycles. The third-order valence-corrected chi connectivity index (χ3v) is 11.9. The highest BCUT2D eigenvalue weighted by Gasteiger charge is 2.46. The molecule has 67 heavy (non-hydrogen) atoms. The van der Waals surface area contributed by atoms with Crippen LogP contribution in [0.2, 0.25) is 5.02 Å². The van der Waals surface area contributed by atoms with Gasteiger partial charge in [0.2, 0.25) is 47.3 Å². The lowest BCUT2D eigenvalue weighted by Gasteiger charge is -2.43. The maximum atomic E-state index is 15.0. The van der Waals surface area contributed by atoms with E-state index in [0.29, 0.717) is 11.1 Å². The van der Waals surface area contributed by atoms with Gasteiger partial charge in [0.25, 0.3) is 0 Å². The molecule has 2 saturated heterocycles. The summed E-state index contributed by atoms with van der Waals surface area (Å²) in [4.78, 5) is 127. The Labute approximate surface area is 394 Å². The predicted molar refractivity (Wildman–Crippen MR) is 243 cm³/mol. The van der Waals surface area contributed by atoms with Gasteiger partial charge in [-0.15, -0.1) is 0 Å². The third-order valence-electron chi connectivity index (χ3n) is 11.6. The Morgan fingerprint density at radius 3 is 2.13 bits per heavy atom. The minimum atomic E-state index is -1.76. The number of primary amides is 1. The lowest BCUT2D eigenvalue weighted by Crippen LogP contribution is -2.65. The first-order valence-corrected chi connectivity index (χ1v) is 22.6. The number of phenols is 1. The van der Waals surface area contributed by atoms with Crippen molar-refractivity contribution in [1.82, 2.24) is 36.4 Å². The summed E-state index contributed by atoms with van der Waals surface area (Å²) in [5, 5.41) is 34.6. The van der Waals surface area contributed by atoms with Gasteiger partial charge < -0.3 is 57.1 Å². The number of hydrogen-bond acceptors (Lipinski definition) is 12. The molecular weight excluding hydrogens is 892 g/mol. The number of hydrogen-bond donors (Lipinski definition) is 8. The number of halogens is 1. The highest BCUT2D eigenvalue weighted by atomic mass is 35.5. The van der Waals surface area contributed by atoms with Crippen LogP contribution in [0.25, 0.3) is 0 Å². The van der Waals surface area contributed by atoms with Crippen LogP contribution in [0, 0.1) is 11.8 Å². The summed E-state index contributed by atoms with van der Waals surface area (Å²) in [5.41, 5.74) is 6.30. The van der Waals surface area contributed by atoms with E-state index < -0.39 is 114 Å². The number of carbonyl (C=O) groups excluding carboxylic acids is 9. The lowest BCUT2D eigenvalue weighted by molar-refractivity contribution is -0.165. The van der Waals surface area contributed by atoms with Crippen LogP contribution < -0.4 is 32.3 Å². The zero-order valence-corrected chi connectivity index (χ0v) is 39.5. The molecule has 4 rings (SSSR count). The molecule has 0 spiro atoms. The number of fused-ring (bicyclic) bond motifs is 2. The van der Waals surface area contributed by atoms with Crippen LogP contribution in [0.4, 0.5) is 0 Å². The number of carbonyl (C=O) groups is 9. The number of esters is 1. The Morgan fingerprint density at radius 2 is 1.54 bits per heavy atom. The minimum Gasteiger partial charge on any atom is -0.506 e. The summed E-state index contributed by atoms with van der Waals surface area (Å²) in [6.45, 7) is 9.17. The highest BCUT2D eigenvalue weighted by Crippen LogP contribution is 2.27. The predicted octanol–water partition coefficient (Wildman–Crippen LogP) is 0.324. The van der Waals surface area contributed by atoms with Crippen LogP contribution in [0.1, 0.15) is 84.8 Å². The quantitative estimate of drug-likeness (QED) is 0.126. The van der Waals surface area contributed by atoms with Gasteiger partial charge in [0, 0.05) is 33.2 Å². The molecule has 20 nitrogen and oxygen atoms in total. The van der Waals surface area contributed by atoms with Crippen molar-refractivity contribution in [2.24, 2.45) is 17.6 Å². The Bertz CT molecular complexity index is 2160. The second-order valence-corrected chi connectivity index (χ2v) is 18.2.